The Kier molecular flexibility index (Phi) is 4.96. The third-order valence-electron chi connectivity index (χ3n) is 3.13. The van der Waals surface area contributed by atoms with Crippen LogP contribution in [0.25, 0.3) is 10.9 Å². The van der Waals surface area contributed by atoms with Crippen molar-refractivity contribution in [2.45, 2.75) is 13.0 Å². The van der Waals surface area contributed by atoms with Gasteiger partial charge in [-0.2, -0.15) is 5.26 Å². The van der Waals surface area contributed by atoms with E-state index in [0.29, 0.717) is 5.56 Å². The highest BCUT2D eigenvalue weighted by Gasteiger charge is 2.01. The van der Waals surface area contributed by atoms with E-state index in [9.17, 15) is 0 Å². The van der Waals surface area contributed by atoms with Gasteiger partial charge in [0.25, 0.3) is 0 Å². The van der Waals surface area contributed by atoms with E-state index in [2.05, 4.69) is 28.2 Å². The molecule has 0 fully saturated rings. The minimum Gasteiger partial charge on any atom is -0.385 e. The monoisotopic (exact) mass is 257 g/mol. The average Bonchev–Trinajstić information content (AvgIpc) is 2.85. The molecule has 2 rings (SSSR count). The molecule has 4 heteroatoms. The topological polar surface area (TPSA) is 50.0 Å². The van der Waals surface area contributed by atoms with Crippen LogP contribution in [0.1, 0.15) is 12.0 Å². The van der Waals surface area contributed by atoms with Crippen LogP contribution in [0.5, 0.6) is 0 Å². The molecule has 1 heterocycles. The summed E-state index contributed by atoms with van der Waals surface area (Å²) >= 11 is 0. The van der Waals surface area contributed by atoms with Gasteiger partial charge in [-0.05, 0) is 37.2 Å². The molecule has 0 amide bonds. The number of hydrogen-bond acceptors (Lipinski definition) is 3. The quantitative estimate of drug-likeness (QED) is 0.773. The van der Waals surface area contributed by atoms with Gasteiger partial charge in [0.05, 0.1) is 11.6 Å². The summed E-state index contributed by atoms with van der Waals surface area (Å²) < 4.78 is 7.21. The molecule has 0 bridgehead atoms. The molecule has 0 saturated heterocycles. The van der Waals surface area contributed by atoms with Gasteiger partial charge < -0.3 is 14.6 Å². The molecule has 0 atom stereocenters. The SMILES string of the molecule is COCCCNCCn1ccc2cc(C#N)ccc21. The highest BCUT2D eigenvalue weighted by Crippen LogP contribution is 2.17. The number of hydrogen-bond donors (Lipinski definition) is 1. The van der Waals surface area contributed by atoms with Crippen LogP contribution in [0.2, 0.25) is 0 Å². The summed E-state index contributed by atoms with van der Waals surface area (Å²) in [5.41, 5.74) is 1.89. The van der Waals surface area contributed by atoms with Crippen LogP contribution >= 0.6 is 0 Å². The van der Waals surface area contributed by atoms with Crippen LogP contribution < -0.4 is 5.32 Å². The minimum absolute atomic E-state index is 0.711. The third kappa shape index (κ3) is 3.57. The molecular formula is C15H19N3O. The maximum absolute atomic E-state index is 8.87. The molecule has 1 aromatic carbocycles. The van der Waals surface area contributed by atoms with E-state index < -0.39 is 0 Å². The molecule has 0 spiro atoms. The van der Waals surface area contributed by atoms with Crippen molar-refractivity contribution in [2.75, 3.05) is 26.8 Å². The summed E-state index contributed by atoms with van der Waals surface area (Å²) in [5, 5.41) is 13.4. The smallest absolute Gasteiger partial charge is 0.0991 e. The van der Waals surface area contributed by atoms with Gasteiger partial charge >= 0.3 is 0 Å². The number of rotatable bonds is 7. The van der Waals surface area contributed by atoms with Crippen molar-refractivity contribution in [3.8, 4) is 6.07 Å². The molecule has 0 aliphatic heterocycles. The second-order valence-electron chi connectivity index (χ2n) is 4.49. The minimum atomic E-state index is 0.711. The normalized spacial score (nSPS) is 10.7. The van der Waals surface area contributed by atoms with Crippen LogP contribution in [0.15, 0.2) is 30.5 Å². The number of aromatic nitrogens is 1. The summed E-state index contributed by atoms with van der Waals surface area (Å²) in [4.78, 5) is 0. The van der Waals surface area contributed by atoms with Gasteiger partial charge in [-0.15, -0.1) is 0 Å². The third-order valence-corrected chi connectivity index (χ3v) is 3.13. The van der Waals surface area contributed by atoms with Gasteiger partial charge in [-0.25, -0.2) is 0 Å². The van der Waals surface area contributed by atoms with Crippen molar-refractivity contribution in [3.05, 3.63) is 36.0 Å². The Bertz CT molecular complexity index is 568. The van der Waals surface area contributed by atoms with E-state index in [-0.39, 0.29) is 0 Å². The number of benzene rings is 1. The Morgan fingerprint density at radius 2 is 2.21 bits per heavy atom. The summed E-state index contributed by atoms with van der Waals surface area (Å²) in [5.74, 6) is 0. The van der Waals surface area contributed by atoms with Crippen LogP contribution in [0, 0.1) is 11.3 Å². The van der Waals surface area contributed by atoms with Gasteiger partial charge in [0.1, 0.15) is 0 Å². The van der Waals surface area contributed by atoms with E-state index in [1.165, 1.54) is 5.52 Å². The Morgan fingerprint density at radius 1 is 1.32 bits per heavy atom. The number of methoxy groups -OCH3 is 1. The number of nitrogens with one attached hydrogen (secondary N) is 1. The lowest BCUT2D eigenvalue weighted by atomic mass is 10.2. The van der Waals surface area contributed by atoms with Crippen molar-refractivity contribution >= 4 is 10.9 Å². The van der Waals surface area contributed by atoms with Gasteiger partial charge in [0, 0.05) is 43.9 Å². The molecule has 0 aliphatic carbocycles. The lowest BCUT2D eigenvalue weighted by molar-refractivity contribution is 0.194. The molecule has 0 aliphatic rings. The van der Waals surface area contributed by atoms with Gasteiger partial charge in [-0.1, -0.05) is 0 Å². The predicted octanol–water partition coefficient (Wildman–Crippen LogP) is 2.14. The van der Waals surface area contributed by atoms with E-state index in [1.807, 2.05) is 18.2 Å². The maximum atomic E-state index is 8.87. The summed E-state index contributed by atoms with van der Waals surface area (Å²) in [6.45, 7) is 3.65. The first-order chi connectivity index (χ1) is 9.35. The highest BCUT2D eigenvalue weighted by molar-refractivity contribution is 5.81. The standard InChI is InChI=1S/C15H19N3O/c1-19-10-2-6-17-7-9-18-8-5-14-11-13(12-16)3-4-15(14)18/h3-5,8,11,17H,2,6-7,9-10H2,1H3. The Hall–Kier alpha value is -1.83. The fourth-order valence-electron chi connectivity index (χ4n) is 2.13. The van der Waals surface area contributed by atoms with Crippen molar-refractivity contribution in [1.82, 2.24) is 9.88 Å². The first-order valence-electron chi connectivity index (χ1n) is 6.54. The second kappa shape index (κ2) is 6.93. The van der Waals surface area contributed by atoms with Gasteiger partial charge in [0.2, 0.25) is 0 Å². The summed E-state index contributed by atoms with van der Waals surface area (Å²) in [7, 11) is 1.72. The van der Waals surface area contributed by atoms with E-state index in [1.54, 1.807) is 7.11 Å². The number of nitriles is 1. The molecule has 0 radical (unpaired) electrons. The summed E-state index contributed by atoms with van der Waals surface area (Å²) in [6.07, 6.45) is 3.11. The largest absolute Gasteiger partial charge is 0.385 e. The molecule has 100 valence electrons. The fraction of sp³-hybridized carbons (Fsp3) is 0.400. The molecule has 1 aromatic heterocycles. The van der Waals surface area contributed by atoms with Crippen molar-refractivity contribution < 1.29 is 4.74 Å². The first-order valence-corrected chi connectivity index (χ1v) is 6.54. The zero-order valence-electron chi connectivity index (χ0n) is 11.2. The van der Waals surface area contributed by atoms with E-state index in [0.717, 1.165) is 38.0 Å². The lowest BCUT2D eigenvalue weighted by Crippen LogP contribution is -2.21. The van der Waals surface area contributed by atoms with Crippen molar-refractivity contribution in [2.24, 2.45) is 0 Å². The lowest BCUT2D eigenvalue weighted by Gasteiger charge is -2.07. The Morgan fingerprint density at radius 3 is 3.00 bits per heavy atom. The summed E-state index contributed by atoms with van der Waals surface area (Å²) in [6, 6.07) is 10.0. The zero-order valence-corrected chi connectivity index (χ0v) is 11.2. The second-order valence-corrected chi connectivity index (χ2v) is 4.49. The van der Waals surface area contributed by atoms with Gasteiger partial charge in [0.15, 0.2) is 0 Å². The average molecular weight is 257 g/mol. The van der Waals surface area contributed by atoms with Crippen molar-refractivity contribution in [3.63, 3.8) is 0 Å². The fourth-order valence-corrected chi connectivity index (χ4v) is 2.13. The molecule has 4 nitrogen and oxygen atoms in total. The molecule has 0 unspecified atom stereocenters. The van der Waals surface area contributed by atoms with Gasteiger partial charge in [-0.3, -0.25) is 0 Å². The number of fused-ring (bicyclic) bond motifs is 1. The molecule has 2 aromatic rings. The number of nitrogens with zero attached hydrogens (tertiary/aromatic N) is 2. The Balaban J connectivity index is 1.89. The zero-order chi connectivity index (χ0) is 13.5. The molecule has 1 N–H and O–H groups in total. The van der Waals surface area contributed by atoms with E-state index in [4.69, 9.17) is 10.00 Å². The molecule has 19 heavy (non-hydrogen) atoms. The molecule has 0 saturated carbocycles. The van der Waals surface area contributed by atoms with Crippen LogP contribution in [0.4, 0.5) is 0 Å². The maximum Gasteiger partial charge on any atom is 0.0991 e. The number of ether oxygens (including phenoxy) is 1. The molecular weight excluding hydrogens is 238 g/mol. The van der Waals surface area contributed by atoms with E-state index >= 15 is 0 Å². The Labute approximate surface area is 113 Å². The van der Waals surface area contributed by atoms with Crippen LogP contribution in [0.3, 0.4) is 0 Å². The van der Waals surface area contributed by atoms with Crippen LogP contribution in [-0.2, 0) is 11.3 Å². The van der Waals surface area contributed by atoms with Crippen molar-refractivity contribution in [1.29, 1.82) is 5.26 Å². The first kappa shape index (κ1) is 13.6. The highest BCUT2D eigenvalue weighted by atomic mass is 16.5. The van der Waals surface area contributed by atoms with Crippen LogP contribution in [-0.4, -0.2) is 31.4 Å². The predicted molar refractivity (Wildman–Crippen MR) is 76.0 cm³/mol.